The number of hydrogen-bond donors (Lipinski definition) is 1. The number of aromatic nitrogens is 2. The van der Waals surface area contributed by atoms with Crippen LogP contribution in [0.4, 0.5) is 4.79 Å². The summed E-state index contributed by atoms with van der Waals surface area (Å²) in [4.78, 5) is 17.0. The molecule has 4 rings (SSSR count). The van der Waals surface area contributed by atoms with Gasteiger partial charge in [-0.25, -0.2) is 9.78 Å². The van der Waals surface area contributed by atoms with E-state index in [2.05, 4.69) is 9.55 Å². The zero-order valence-corrected chi connectivity index (χ0v) is 11.4. The summed E-state index contributed by atoms with van der Waals surface area (Å²) in [6.07, 6.45) is 4.06. The number of benzene rings is 1. The van der Waals surface area contributed by atoms with E-state index >= 15 is 0 Å². The van der Waals surface area contributed by atoms with E-state index < -0.39 is 11.7 Å². The molecule has 1 spiro atoms. The van der Waals surface area contributed by atoms with E-state index in [-0.39, 0.29) is 0 Å². The highest BCUT2D eigenvalue weighted by Gasteiger charge is 2.45. The third kappa shape index (κ3) is 1.72. The highest BCUT2D eigenvalue weighted by Crippen LogP contribution is 2.43. The first-order chi connectivity index (χ1) is 10.2. The number of nitrogens with zero attached hydrogens (tertiary/aromatic N) is 3. The molecule has 0 bridgehead atoms. The predicted octanol–water partition coefficient (Wildman–Crippen LogP) is 2.23. The highest BCUT2D eigenvalue weighted by molar-refractivity contribution is 5.65. The number of rotatable bonds is 0. The molecule has 3 heterocycles. The molecule has 2 aliphatic rings. The van der Waals surface area contributed by atoms with Crippen LogP contribution in [0, 0.1) is 0 Å². The number of piperidine rings is 1. The largest absolute Gasteiger partial charge is 0.477 e. The number of amides is 1. The summed E-state index contributed by atoms with van der Waals surface area (Å²) < 4.78 is 8.32. The van der Waals surface area contributed by atoms with Gasteiger partial charge in [0, 0.05) is 38.3 Å². The van der Waals surface area contributed by atoms with Crippen molar-refractivity contribution in [1.29, 1.82) is 0 Å². The molecule has 0 saturated carbocycles. The number of para-hydroxylation sites is 2. The van der Waals surface area contributed by atoms with Gasteiger partial charge in [-0.2, -0.15) is 0 Å². The lowest BCUT2D eigenvalue weighted by molar-refractivity contribution is -0.0125. The van der Waals surface area contributed by atoms with Gasteiger partial charge in [0.25, 0.3) is 0 Å². The summed E-state index contributed by atoms with van der Waals surface area (Å²) in [6, 6.07) is 7.86. The SMILES string of the molecule is O=C(O)N1CCC2(CC1)Oc1ccccc1-n1ccnc12. The molecule has 1 amide bonds. The predicted molar refractivity (Wildman–Crippen MR) is 74.7 cm³/mol. The first kappa shape index (κ1) is 12.3. The van der Waals surface area contributed by atoms with E-state index in [0.29, 0.717) is 25.9 Å². The Balaban J connectivity index is 1.75. The number of carboxylic acid groups (broad SMARTS) is 1. The van der Waals surface area contributed by atoms with Crippen LogP contribution in [0.15, 0.2) is 36.7 Å². The van der Waals surface area contributed by atoms with Crippen LogP contribution < -0.4 is 4.74 Å². The third-order valence-electron chi connectivity index (χ3n) is 4.32. The Morgan fingerprint density at radius 3 is 2.81 bits per heavy atom. The van der Waals surface area contributed by atoms with Gasteiger partial charge < -0.3 is 14.7 Å². The van der Waals surface area contributed by atoms with E-state index in [0.717, 1.165) is 17.3 Å². The first-order valence-electron chi connectivity index (χ1n) is 7.00. The van der Waals surface area contributed by atoms with Crippen LogP contribution in [0.2, 0.25) is 0 Å². The number of likely N-dealkylation sites (tertiary alicyclic amines) is 1. The number of ether oxygens (including phenoxy) is 1. The van der Waals surface area contributed by atoms with Crippen molar-refractivity contribution in [2.45, 2.75) is 18.4 Å². The minimum absolute atomic E-state index is 0.463. The van der Waals surface area contributed by atoms with Crippen molar-refractivity contribution >= 4 is 6.09 Å². The smallest absolute Gasteiger partial charge is 0.407 e. The summed E-state index contributed by atoms with van der Waals surface area (Å²) in [6.45, 7) is 0.925. The molecule has 1 saturated heterocycles. The summed E-state index contributed by atoms with van der Waals surface area (Å²) >= 11 is 0. The molecule has 1 fully saturated rings. The fourth-order valence-electron chi connectivity index (χ4n) is 3.22. The Morgan fingerprint density at radius 2 is 2.05 bits per heavy atom. The van der Waals surface area contributed by atoms with Crippen molar-refractivity contribution in [2.75, 3.05) is 13.1 Å². The monoisotopic (exact) mass is 285 g/mol. The van der Waals surface area contributed by atoms with Gasteiger partial charge in [0.1, 0.15) is 5.75 Å². The van der Waals surface area contributed by atoms with Gasteiger partial charge in [0.15, 0.2) is 11.4 Å². The first-order valence-corrected chi connectivity index (χ1v) is 7.00. The van der Waals surface area contributed by atoms with E-state index in [4.69, 9.17) is 9.84 Å². The molecule has 6 heteroatoms. The quantitative estimate of drug-likeness (QED) is 0.806. The Kier molecular flexibility index (Phi) is 2.48. The van der Waals surface area contributed by atoms with Crippen LogP contribution in [0.25, 0.3) is 5.69 Å². The fourth-order valence-corrected chi connectivity index (χ4v) is 3.22. The van der Waals surface area contributed by atoms with Crippen LogP contribution in [0.3, 0.4) is 0 Å². The molecule has 0 radical (unpaired) electrons. The molecule has 21 heavy (non-hydrogen) atoms. The normalized spacial score (nSPS) is 18.8. The van der Waals surface area contributed by atoms with Crippen LogP contribution in [-0.2, 0) is 5.60 Å². The highest BCUT2D eigenvalue weighted by atomic mass is 16.5. The van der Waals surface area contributed by atoms with E-state index in [9.17, 15) is 4.79 Å². The summed E-state index contributed by atoms with van der Waals surface area (Å²) in [5.41, 5.74) is 0.459. The number of fused-ring (bicyclic) bond motifs is 4. The zero-order valence-electron chi connectivity index (χ0n) is 11.4. The molecule has 1 aromatic carbocycles. The van der Waals surface area contributed by atoms with Gasteiger partial charge in [0.05, 0.1) is 5.69 Å². The van der Waals surface area contributed by atoms with Crippen LogP contribution >= 0.6 is 0 Å². The second-order valence-electron chi connectivity index (χ2n) is 5.45. The molecule has 0 unspecified atom stereocenters. The molecule has 1 aromatic heterocycles. The maximum absolute atomic E-state index is 11.1. The van der Waals surface area contributed by atoms with E-state index in [1.54, 1.807) is 6.20 Å². The Hall–Kier alpha value is -2.50. The van der Waals surface area contributed by atoms with Crippen molar-refractivity contribution in [1.82, 2.24) is 14.5 Å². The fraction of sp³-hybridized carbons (Fsp3) is 0.333. The lowest BCUT2D eigenvalue weighted by atomic mass is 9.89. The van der Waals surface area contributed by atoms with Gasteiger partial charge in [-0.1, -0.05) is 12.1 Å². The van der Waals surface area contributed by atoms with Crippen LogP contribution in [0.1, 0.15) is 18.7 Å². The van der Waals surface area contributed by atoms with Crippen LogP contribution in [-0.4, -0.2) is 38.7 Å². The lowest BCUT2D eigenvalue weighted by Crippen LogP contribution is -2.50. The lowest BCUT2D eigenvalue weighted by Gasteiger charge is -2.43. The third-order valence-corrected chi connectivity index (χ3v) is 4.32. The second kappa shape index (κ2) is 4.25. The van der Waals surface area contributed by atoms with Crippen molar-refractivity contribution in [3.63, 3.8) is 0 Å². The average Bonchev–Trinajstić information content (AvgIpc) is 2.99. The Morgan fingerprint density at radius 1 is 1.29 bits per heavy atom. The Labute approximate surface area is 121 Å². The van der Waals surface area contributed by atoms with Crippen molar-refractivity contribution in [3.8, 4) is 11.4 Å². The summed E-state index contributed by atoms with van der Waals surface area (Å²) in [7, 11) is 0. The zero-order chi connectivity index (χ0) is 14.4. The van der Waals surface area contributed by atoms with Gasteiger partial charge in [-0.3, -0.25) is 4.57 Å². The maximum Gasteiger partial charge on any atom is 0.407 e. The minimum atomic E-state index is -0.871. The topological polar surface area (TPSA) is 67.6 Å². The molecule has 2 aliphatic heterocycles. The van der Waals surface area contributed by atoms with Crippen molar-refractivity contribution in [3.05, 3.63) is 42.5 Å². The standard InChI is InChI=1S/C15H15N3O3/c19-14(20)17-8-5-15(6-9-17)13-16-7-10-18(13)11-3-1-2-4-12(11)21-15/h1-4,7,10H,5-6,8-9H2,(H,19,20). The molecule has 2 aromatic rings. The number of hydrogen-bond acceptors (Lipinski definition) is 3. The summed E-state index contributed by atoms with van der Waals surface area (Å²) in [5, 5.41) is 9.10. The molecule has 6 nitrogen and oxygen atoms in total. The van der Waals surface area contributed by atoms with Crippen molar-refractivity contribution < 1.29 is 14.6 Å². The average molecular weight is 285 g/mol. The van der Waals surface area contributed by atoms with Gasteiger partial charge in [-0.15, -0.1) is 0 Å². The molecular weight excluding hydrogens is 270 g/mol. The molecule has 0 aliphatic carbocycles. The number of imidazole rings is 1. The molecule has 108 valence electrons. The van der Waals surface area contributed by atoms with E-state index in [1.807, 2.05) is 30.5 Å². The number of carbonyl (C=O) groups is 1. The molecule has 1 N–H and O–H groups in total. The van der Waals surface area contributed by atoms with Crippen LogP contribution in [0.5, 0.6) is 5.75 Å². The second-order valence-corrected chi connectivity index (χ2v) is 5.45. The van der Waals surface area contributed by atoms with Gasteiger partial charge in [-0.05, 0) is 12.1 Å². The minimum Gasteiger partial charge on any atom is -0.477 e. The molecule has 0 atom stereocenters. The maximum atomic E-state index is 11.1. The van der Waals surface area contributed by atoms with Gasteiger partial charge >= 0.3 is 6.09 Å². The van der Waals surface area contributed by atoms with E-state index in [1.165, 1.54) is 4.90 Å². The van der Waals surface area contributed by atoms with Gasteiger partial charge in [0.2, 0.25) is 0 Å². The molecular formula is C15H15N3O3. The summed E-state index contributed by atoms with van der Waals surface area (Å²) in [5.74, 6) is 1.69. The van der Waals surface area contributed by atoms with Crippen molar-refractivity contribution in [2.24, 2.45) is 0 Å². The Bertz CT molecular complexity index is 702.